The van der Waals surface area contributed by atoms with Crippen LogP contribution in [0.4, 0.5) is 30.8 Å². The Hall–Kier alpha value is -5.19. The predicted octanol–water partition coefficient (Wildman–Crippen LogP) is 5.81. The molecule has 1 atom stereocenters. The molecule has 0 unspecified atom stereocenters. The fourth-order valence-electron chi connectivity index (χ4n) is 6.50. The van der Waals surface area contributed by atoms with Gasteiger partial charge in [-0.15, -0.1) is 0 Å². The molecule has 5 rings (SSSR count). The van der Waals surface area contributed by atoms with Crippen molar-refractivity contribution in [2.75, 3.05) is 30.9 Å². The topological polar surface area (TPSA) is 186 Å². The second-order valence-corrected chi connectivity index (χ2v) is 15.5. The second kappa shape index (κ2) is 17.7. The van der Waals surface area contributed by atoms with Crippen LogP contribution in [0.5, 0.6) is 6.01 Å². The Bertz CT molecular complexity index is 1860. The smallest absolute Gasteiger partial charge is 0.422 e. The highest BCUT2D eigenvalue weighted by atomic mass is 35.5. The number of nitrogens with one attached hydrogen (secondary N) is 5. The molecule has 2 aliphatic rings. The van der Waals surface area contributed by atoms with Crippen molar-refractivity contribution in [2.45, 2.75) is 89.5 Å². The van der Waals surface area contributed by atoms with Crippen LogP contribution in [-0.2, 0) is 24.7 Å². The summed E-state index contributed by atoms with van der Waals surface area (Å²) in [6.07, 6.45) is 0.251. The maximum absolute atomic E-state index is 13.1. The Kier molecular flexibility index (Phi) is 13.3. The number of rotatable bonds is 14. The van der Waals surface area contributed by atoms with Crippen molar-refractivity contribution in [1.29, 1.82) is 0 Å². The van der Waals surface area contributed by atoms with Crippen molar-refractivity contribution in [3.05, 3.63) is 64.7 Å². The molecule has 1 aromatic heterocycles. The maximum Gasteiger partial charge on any atom is 0.422 e. The third kappa shape index (κ3) is 11.9. The van der Waals surface area contributed by atoms with E-state index in [0.717, 1.165) is 38.4 Å². The first-order valence-corrected chi connectivity index (χ1v) is 18.7. The maximum atomic E-state index is 13.1. The van der Waals surface area contributed by atoms with Gasteiger partial charge in [0, 0.05) is 28.9 Å². The van der Waals surface area contributed by atoms with E-state index < -0.39 is 54.1 Å². The van der Waals surface area contributed by atoms with Crippen molar-refractivity contribution in [3.8, 4) is 6.01 Å². The summed E-state index contributed by atoms with van der Waals surface area (Å²) in [5, 5.41) is 14.5. The van der Waals surface area contributed by atoms with Gasteiger partial charge in [-0.1, -0.05) is 44.5 Å². The minimum atomic E-state index is -4.63. The summed E-state index contributed by atoms with van der Waals surface area (Å²) in [4.78, 5) is 63.0. The third-order valence-corrected chi connectivity index (χ3v) is 10.1. The Morgan fingerprint density at radius 2 is 1.54 bits per heavy atom. The quantitative estimate of drug-likeness (QED) is 0.0979. The van der Waals surface area contributed by atoms with Gasteiger partial charge in [0.25, 0.3) is 5.91 Å². The number of ether oxygens (including phenoxy) is 2. The molecule has 0 saturated heterocycles. The lowest BCUT2D eigenvalue weighted by Gasteiger charge is -2.37. The molecule has 0 bridgehead atoms. The standard InChI is InChI=1S/C38H46ClF3N8O6/c1-36(2,3)23-9-15-26(16-10-23)44-31(53)30(52)43-20-17-28(32(54)55-4)46-29(51)22-5-13-27(14-6-22)45-33-47-34(49-35(48-33)56-21-38(40,41)42)50-37(18-19-37)24-7-11-25(39)12-8-24/h5-8,11-14,23,26,28H,9-10,15-21H2,1-4H3,(H,43,52)(H,44,53)(H,46,51)(H2,45,47,48,49,50)/t23?,26?,28-/m0/s1. The fraction of sp³-hybridized carbons (Fsp3) is 0.500. The number of alkyl halides is 3. The third-order valence-electron chi connectivity index (χ3n) is 9.88. The summed E-state index contributed by atoms with van der Waals surface area (Å²) < 4.78 is 48.6. The Balaban J connectivity index is 1.17. The van der Waals surface area contributed by atoms with Crippen LogP contribution in [0.3, 0.4) is 0 Å². The average molecular weight is 803 g/mol. The highest BCUT2D eigenvalue weighted by Crippen LogP contribution is 2.48. The lowest BCUT2D eigenvalue weighted by Crippen LogP contribution is -2.48. The Labute approximate surface area is 327 Å². The van der Waals surface area contributed by atoms with Gasteiger partial charge in [0.15, 0.2) is 6.61 Å². The molecule has 2 fully saturated rings. The number of anilines is 3. The number of carbonyl (C=O) groups is 4. The Morgan fingerprint density at radius 3 is 2.12 bits per heavy atom. The minimum absolute atomic E-state index is 0.0210. The molecule has 2 saturated carbocycles. The van der Waals surface area contributed by atoms with Gasteiger partial charge >= 0.3 is 30.0 Å². The van der Waals surface area contributed by atoms with E-state index in [0.29, 0.717) is 29.5 Å². The lowest BCUT2D eigenvalue weighted by atomic mass is 9.71. The molecule has 3 aromatic rings. The highest BCUT2D eigenvalue weighted by molar-refractivity contribution is 6.35. The number of nitrogens with zero attached hydrogens (tertiary/aromatic N) is 3. The minimum Gasteiger partial charge on any atom is -0.467 e. The van der Waals surface area contributed by atoms with Gasteiger partial charge in [0.1, 0.15) is 6.04 Å². The molecular weight excluding hydrogens is 757 g/mol. The molecule has 18 heteroatoms. The van der Waals surface area contributed by atoms with E-state index in [4.69, 9.17) is 21.1 Å². The van der Waals surface area contributed by atoms with Gasteiger partial charge < -0.3 is 36.1 Å². The summed E-state index contributed by atoms with van der Waals surface area (Å²) in [7, 11) is 1.16. The van der Waals surface area contributed by atoms with Crippen molar-refractivity contribution >= 4 is 52.9 Å². The van der Waals surface area contributed by atoms with Crippen molar-refractivity contribution in [3.63, 3.8) is 0 Å². The molecule has 2 aromatic carbocycles. The number of halogens is 4. The fourth-order valence-corrected chi connectivity index (χ4v) is 6.63. The summed E-state index contributed by atoms with van der Waals surface area (Å²) in [5.74, 6) is -2.57. The van der Waals surface area contributed by atoms with E-state index in [1.54, 1.807) is 12.1 Å². The molecule has 1 heterocycles. The number of hydrogen-bond acceptors (Lipinski definition) is 11. The first-order chi connectivity index (χ1) is 26.4. The number of carbonyl (C=O) groups excluding carboxylic acids is 4. The van der Waals surface area contributed by atoms with Gasteiger partial charge in [0.2, 0.25) is 11.9 Å². The molecule has 0 radical (unpaired) electrons. The number of benzene rings is 2. The van der Waals surface area contributed by atoms with Gasteiger partial charge in [-0.05, 0) is 98.2 Å². The number of methoxy groups -OCH3 is 1. The van der Waals surface area contributed by atoms with E-state index in [9.17, 15) is 32.3 Å². The predicted molar refractivity (Wildman–Crippen MR) is 201 cm³/mol. The summed E-state index contributed by atoms with van der Waals surface area (Å²) in [6, 6.07) is 11.2. The number of aromatic nitrogens is 3. The lowest BCUT2D eigenvalue weighted by molar-refractivity contribution is -0.154. The van der Waals surface area contributed by atoms with Crippen molar-refractivity contribution < 1.29 is 41.8 Å². The zero-order chi connectivity index (χ0) is 40.7. The molecule has 302 valence electrons. The Morgan fingerprint density at radius 1 is 0.893 bits per heavy atom. The summed E-state index contributed by atoms with van der Waals surface area (Å²) in [6.45, 7) is 4.89. The van der Waals surface area contributed by atoms with E-state index in [2.05, 4.69) is 62.3 Å². The van der Waals surface area contributed by atoms with Gasteiger partial charge in [0.05, 0.1) is 12.6 Å². The van der Waals surface area contributed by atoms with Crippen molar-refractivity contribution in [2.24, 2.45) is 11.3 Å². The largest absolute Gasteiger partial charge is 0.467 e. The average Bonchev–Trinajstić information content (AvgIpc) is 3.93. The van der Waals surface area contributed by atoms with Crippen LogP contribution >= 0.6 is 11.6 Å². The number of amides is 3. The van der Waals surface area contributed by atoms with Gasteiger partial charge in [-0.25, -0.2) is 4.79 Å². The molecule has 0 aliphatic heterocycles. The highest BCUT2D eigenvalue weighted by Gasteiger charge is 2.45. The van der Waals surface area contributed by atoms with Gasteiger partial charge in [-0.2, -0.15) is 28.1 Å². The summed E-state index contributed by atoms with van der Waals surface area (Å²) in [5.41, 5.74) is 1.05. The molecule has 0 spiro atoms. The van der Waals surface area contributed by atoms with E-state index in [1.165, 1.54) is 24.3 Å². The van der Waals surface area contributed by atoms with E-state index >= 15 is 0 Å². The van der Waals surface area contributed by atoms with Crippen LogP contribution in [0.2, 0.25) is 5.02 Å². The summed E-state index contributed by atoms with van der Waals surface area (Å²) >= 11 is 6.04. The van der Waals surface area contributed by atoms with Crippen LogP contribution in [0.1, 0.15) is 81.6 Å². The molecule has 3 amide bonds. The molecular formula is C38H46ClF3N8O6. The van der Waals surface area contributed by atoms with Gasteiger partial charge in [-0.3, -0.25) is 14.4 Å². The van der Waals surface area contributed by atoms with Crippen molar-refractivity contribution in [1.82, 2.24) is 30.9 Å². The first-order valence-electron chi connectivity index (χ1n) is 18.3. The van der Waals surface area contributed by atoms with Crippen LogP contribution in [0.15, 0.2) is 48.5 Å². The molecule has 14 nitrogen and oxygen atoms in total. The monoisotopic (exact) mass is 802 g/mol. The second-order valence-electron chi connectivity index (χ2n) is 15.1. The molecule has 2 aliphatic carbocycles. The SMILES string of the molecule is COC(=O)[C@H](CCNC(=O)C(=O)NC1CCC(C(C)(C)C)CC1)NC(=O)c1ccc(Nc2nc(NC3(c4ccc(Cl)cc4)CC3)nc(OCC(F)(F)F)n2)cc1. The van der Waals surface area contributed by atoms with E-state index in [-0.39, 0.29) is 41.9 Å². The van der Waals surface area contributed by atoms with Crippen LogP contribution in [0.25, 0.3) is 0 Å². The van der Waals surface area contributed by atoms with Crippen LogP contribution in [-0.4, -0.2) is 77.2 Å². The molecule has 5 N–H and O–H groups in total. The van der Waals surface area contributed by atoms with Crippen LogP contribution in [0, 0.1) is 11.3 Å². The van der Waals surface area contributed by atoms with E-state index in [1.807, 2.05) is 12.1 Å². The zero-order valence-corrected chi connectivity index (χ0v) is 32.3. The van der Waals surface area contributed by atoms with Crippen LogP contribution < -0.4 is 31.3 Å². The number of hydrogen-bond donors (Lipinski definition) is 5. The first kappa shape index (κ1) is 42.0. The number of esters is 1. The zero-order valence-electron chi connectivity index (χ0n) is 31.5. The normalized spacial score (nSPS) is 18.1. The molecule has 56 heavy (non-hydrogen) atoms.